The first kappa shape index (κ1) is 22.9. The molecule has 1 amide bonds. The quantitative estimate of drug-likeness (QED) is 0.475. The first-order valence-electron chi connectivity index (χ1n) is 10.0. The minimum atomic E-state index is -4.62. The standard InChI is InChI=1S/C21H17ClF3N3O.C2H6/c1-13-26-17-12-27(11-10-18(17)28(13)14-6-3-2-4-7-14)20(29)15-8-5-9-16(19(15)22)21(23,24)25;1-2/h2-9H,10-12H2,1H3;1-2H3. The average Bonchev–Trinajstić information content (AvgIpc) is 3.09. The van der Waals surface area contributed by atoms with E-state index in [4.69, 9.17) is 11.6 Å². The minimum Gasteiger partial charge on any atom is -0.332 e. The third-order valence-electron chi connectivity index (χ3n) is 5.02. The molecule has 4 rings (SSSR count). The highest BCUT2D eigenvalue weighted by Gasteiger charge is 2.36. The van der Waals surface area contributed by atoms with E-state index in [9.17, 15) is 18.0 Å². The van der Waals surface area contributed by atoms with Crippen LogP contribution in [-0.4, -0.2) is 26.9 Å². The van der Waals surface area contributed by atoms with Crippen LogP contribution in [0, 0.1) is 6.92 Å². The van der Waals surface area contributed by atoms with Crippen molar-refractivity contribution in [1.82, 2.24) is 14.5 Å². The first-order valence-corrected chi connectivity index (χ1v) is 10.4. The van der Waals surface area contributed by atoms with Gasteiger partial charge >= 0.3 is 6.18 Å². The smallest absolute Gasteiger partial charge is 0.332 e. The van der Waals surface area contributed by atoms with E-state index in [2.05, 4.69) is 9.55 Å². The predicted octanol–water partition coefficient (Wildman–Crippen LogP) is 6.08. The van der Waals surface area contributed by atoms with Crippen LogP contribution in [0.3, 0.4) is 0 Å². The van der Waals surface area contributed by atoms with Gasteiger partial charge in [0.2, 0.25) is 0 Å². The zero-order valence-electron chi connectivity index (χ0n) is 17.5. The molecular formula is C23H23ClF3N3O. The van der Waals surface area contributed by atoms with Crippen molar-refractivity contribution in [3.05, 3.63) is 81.9 Å². The van der Waals surface area contributed by atoms with E-state index < -0.39 is 22.7 Å². The highest BCUT2D eigenvalue weighted by molar-refractivity contribution is 6.34. The monoisotopic (exact) mass is 449 g/mol. The molecule has 0 bridgehead atoms. The summed E-state index contributed by atoms with van der Waals surface area (Å²) in [6, 6.07) is 13.2. The molecule has 0 aliphatic carbocycles. The number of benzene rings is 2. The number of aryl methyl sites for hydroxylation is 1. The fraction of sp³-hybridized carbons (Fsp3) is 0.304. The van der Waals surface area contributed by atoms with E-state index >= 15 is 0 Å². The molecule has 0 N–H and O–H groups in total. The minimum absolute atomic E-state index is 0.149. The number of rotatable bonds is 2. The van der Waals surface area contributed by atoms with Crippen molar-refractivity contribution in [2.24, 2.45) is 0 Å². The molecule has 3 aromatic rings. The van der Waals surface area contributed by atoms with Crippen molar-refractivity contribution in [3.8, 4) is 5.69 Å². The Bertz CT molecular complexity index is 1080. The summed E-state index contributed by atoms with van der Waals surface area (Å²) in [5.41, 5.74) is 1.58. The van der Waals surface area contributed by atoms with Gasteiger partial charge in [-0.05, 0) is 31.2 Å². The number of carbonyl (C=O) groups is 1. The van der Waals surface area contributed by atoms with Gasteiger partial charge in [-0.15, -0.1) is 0 Å². The van der Waals surface area contributed by atoms with Gasteiger partial charge in [0.1, 0.15) is 5.82 Å². The molecule has 31 heavy (non-hydrogen) atoms. The summed E-state index contributed by atoms with van der Waals surface area (Å²) in [7, 11) is 0. The summed E-state index contributed by atoms with van der Waals surface area (Å²) >= 11 is 5.93. The van der Waals surface area contributed by atoms with E-state index in [0.29, 0.717) is 13.0 Å². The number of alkyl halides is 3. The Labute approximate surface area is 184 Å². The topological polar surface area (TPSA) is 38.1 Å². The Hall–Kier alpha value is -2.80. The molecule has 1 aliphatic rings. The number of aromatic nitrogens is 2. The fourth-order valence-corrected chi connectivity index (χ4v) is 4.01. The lowest BCUT2D eigenvalue weighted by molar-refractivity contribution is -0.137. The summed E-state index contributed by atoms with van der Waals surface area (Å²) in [5, 5.41) is -0.568. The van der Waals surface area contributed by atoms with Gasteiger partial charge in [-0.2, -0.15) is 13.2 Å². The third kappa shape index (κ3) is 4.46. The normalized spacial score (nSPS) is 13.3. The number of fused-ring (bicyclic) bond motifs is 1. The molecule has 2 heterocycles. The number of imidazole rings is 1. The van der Waals surface area contributed by atoms with Crippen molar-refractivity contribution < 1.29 is 18.0 Å². The molecule has 0 radical (unpaired) electrons. The molecular weight excluding hydrogens is 427 g/mol. The molecule has 8 heteroatoms. The Morgan fingerprint density at radius 1 is 1.06 bits per heavy atom. The van der Waals surface area contributed by atoms with Crippen LogP contribution in [0.2, 0.25) is 5.02 Å². The van der Waals surface area contributed by atoms with Crippen molar-refractivity contribution in [1.29, 1.82) is 0 Å². The molecule has 0 saturated carbocycles. The highest BCUT2D eigenvalue weighted by Crippen LogP contribution is 2.37. The molecule has 4 nitrogen and oxygen atoms in total. The largest absolute Gasteiger partial charge is 0.417 e. The number of hydrogen-bond acceptors (Lipinski definition) is 2. The van der Waals surface area contributed by atoms with Gasteiger partial charge in [0.05, 0.1) is 28.4 Å². The maximum absolute atomic E-state index is 13.1. The summed E-state index contributed by atoms with van der Waals surface area (Å²) in [6.07, 6.45) is -4.07. The Balaban J connectivity index is 0.00000132. The van der Waals surface area contributed by atoms with E-state index in [1.165, 1.54) is 17.0 Å². The second-order valence-electron chi connectivity index (χ2n) is 6.86. The molecule has 1 aliphatic heterocycles. The molecule has 0 unspecified atom stereocenters. The summed E-state index contributed by atoms with van der Waals surface area (Å²) in [6.45, 7) is 6.49. The Morgan fingerprint density at radius 3 is 2.39 bits per heavy atom. The van der Waals surface area contributed by atoms with Crippen LogP contribution in [0.4, 0.5) is 13.2 Å². The third-order valence-corrected chi connectivity index (χ3v) is 5.43. The number of hydrogen-bond donors (Lipinski definition) is 0. The zero-order valence-corrected chi connectivity index (χ0v) is 18.3. The summed E-state index contributed by atoms with van der Waals surface area (Å²) in [4.78, 5) is 19.0. The van der Waals surface area contributed by atoms with Crippen LogP contribution in [-0.2, 0) is 19.1 Å². The maximum Gasteiger partial charge on any atom is 0.417 e. The Morgan fingerprint density at radius 2 is 1.74 bits per heavy atom. The van der Waals surface area contributed by atoms with E-state index in [1.807, 2.05) is 51.1 Å². The molecule has 1 aromatic heterocycles. The van der Waals surface area contributed by atoms with Crippen molar-refractivity contribution in [3.63, 3.8) is 0 Å². The second kappa shape index (κ2) is 9.14. The van der Waals surface area contributed by atoms with Crippen LogP contribution in [0.1, 0.15) is 47.0 Å². The number of nitrogens with zero attached hydrogens (tertiary/aromatic N) is 3. The van der Waals surface area contributed by atoms with Crippen LogP contribution < -0.4 is 0 Å². The van der Waals surface area contributed by atoms with Crippen LogP contribution >= 0.6 is 11.6 Å². The maximum atomic E-state index is 13.1. The van der Waals surface area contributed by atoms with Crippen molar-refractivity contribution in [2.75, 3.05) is 6.54 Å². The van der Waals surface area contributed by atoms with Crippen molar-refractivity contribution in [2.45, 2.75) is 39.9 Å². The molecule has 0 spiro atoms. The van der Waals surface area contributed by atoms with Crippen LogP contribution in [0.5, 0.6) is 0 Å². The van der Waals surface area contributed by atoms with Gasteiger partial charge in [-0.3, -0.25) is 4.79 Å². The van der Waals surface area contributed by atoms with Gasteiger partial charge in [0.25, 0.3) is 5.91 Å². The van der Waals surface area contributed by atoms with Gasteiger partial charge < -0.3 is 9.47 Å². The van der Waals surface area contributed by atoms with E-state index in [-0.39, 0.29) is 12.1 Å². The van der Waals surface area contributed by atoms with Gasteiger partial charge in [-0.25, -0.2) is 4.98 Å². The number of halogens is 4. The molecule has 0 fully saturated rings. The molecule has 0 saturated heterocycles. The lowest BCUT2D eigenvalue weighted by Gasteiger charge is -2.28. The lowest BCUT2D eigenvalue weighted by atomic mass is 10.1. The number of amides is 1. The Kier molecular flexibility index (Phi) is 6.74. The second-order valence-corrected chi connectivity index (χ2v) is 7.24. The predicted molar refractivity (Wildman–Crippen MR) is 115 cm³/mol. The molecule has 2 aromatic carbocycles. The number of para-hydroxylation sites is 1. The summed E-state index contributed by atoms with van der Waals surface area (Å²) < 4.78 is 41.4. The zero-order chi connectivity index (χ0) is 22.8. The fourth-order valence-electron chi connectivity index (χ4n) is 3.70. The average molecular weight is 450 g/mol. The lowest BCUT2D eigenvalue weighted by Crippen LogP contribution is -2.36. The van der Waals surface area contributed by atoms with E-state index in [0.717, 1.165) is 29.0 Å². The van der Waals surface area contributed by atoms with E-state index in [1.54, 1.807) is 0 Å². The van der Waals surface area contributed by atoms with Crippen LogP contribution in [0.15, 0.2) is 48.5 Å². The number of carbonyl (C=O) groups excluding carboxylic acids is 1. The van der Waals surface area contributed by atoms with Crippen LogP contribution in [0.25, 0.3) is 5.69 Å². The summed E-state index contributed by atoms with van der Waals surface area (Å²) in [5.74, 6) is 0.270. The SMILES string of the molecule is CC.Cc1nc2c(n1-c1ccccc1)CCN(C(=O)c1cccc(C(F)(F)F)c1Cl)C2. The highest BCUT2D eigenvalue weighted by atomic mass is 35.5. The van der Waals surface area contributed by atoms with Gasteiger partial charge in [-0.1, -0.05) is 49.7 Å². The van der Waals surface area contributed by atoms with Crippen molar-refractivity contribution >= 4 is 17.5 Å². The van der Waals surface area contributed by atoms with Gasteiger partial charge in [0.15, 0.2) is 0 Å². The molecule has 0 atom stereocenters. The molecule has 164 valence electrons. The van der Waals surface area contributed by atoms with Gasteiger partial charge in [0, 0.05) is 24.3 Å². The first-order chi connectivity index (χ1) is 14.8.